The zero-order chi connectivity index (χ0) is 13.1. The molecule has 0 bridgehead atoms. The van der Waals surface area contributed by atoms with Crippen LogP contribution in [0.2, 0.25) is 0 Å². The quantitative estimate of drug-likeness (QED) is 0.786. The standard InChI is InChI=1S/C12H10N2OS.C2H6/c1-7-2-3-8-5-10-12(13-9(8)4-7)14-11(15)6-16-10;1-2/h2-5H,6H2,1H3,(H,13,14,15);1-2H3. The summed E-state index contributed by atoms with van der Waals surface area (Å²) >= 11 is 1.54. The first kappa shape index (κ1) is 12.9. The largest absolute Gasteiger partial charge is 0.309 e. The molecule has 0 atom stereocenters. The summed E-state index contributed by atoms with van der Waals surface area (Å²) in [5.41, 5.74) is 2.11. The number of anilines is 1. The second kappa shape index (κ2) is 5.40. The molecular weight excluding hydrogens is 244 g/mol. The number of carbonyl (C=O) groups excluding carboxylic acids is 1. The van der Waals surface area contributed by atoms with Crippen molar-refractivity contribution in [1.29, 1.82) is 0 Å². The molecule has 1 aliphatic rings. The van der Waals surface area contributed by atoms with E-state index in [1.165, 1.54) is 5.56 Å². The summed E-state index contributed by atoms with van der Waals surface area (Å²) in [6.07, 6.45) is 0. The topological polar surface area (TPSA) is 42.0 Å². The first-order valence-electron chi connectivity index (χ1n) is 6.06. The van der Waals surface area contributed by atoms with E-state index in [1.54, 1.807) is 11.8 Å². The van der Waals surface area contributed by atoms with Gasteiger partial charge in [-0.25, -0.2) is 4.98 Å². The third kappa shape index (κ3) is 2.48. The predicted octanol–water partition coefficient (Wildman–Crippen LogP) is 3.61. The van der Waals surface area contributed by atoms with Crippen LogP contribution in [0.25, 0.3) is 10.9 Å². The lowest BCUT2D eigenvalue weighted by Crippen LogP contribution is -2.19. The fourth-order valence-corrected chi connectivity index (χ4v) is 2.57. The molecule has 1 aromatic heterocycles. The highest BCUT2D eigenvalue weighted by atomic mass is 32.2. The fraction of sp³-hybridized carbons (Fsp3) is 0.286. The Morgan fingerprint density at radius 1 is 1.28 bits per heavy atom. The van der Waals surface area contributed by atoms with Crippen LogP contribution in [-0.4, -0.2) is 16.6 Å². The first-order valence-corrected chi connectivity index (χ1v) is 7.05. The van der Waals surface area contributed by atoms with Gasteiger partial charge in [0.2, 0.25) is 5.91 Å². The van der Waals surface area contributed by atoms with Gasteiger partial charge < -0.3 is 5.32 Å². The zero-order valence-electron chi connectivity index (χ0n) is 10.8. The van der Waals surface area contributed by atoms with Gasteiger partial charge in [0.15, 0.2) is 0 Å². The highest BCUT2D eigenvalue weighted by molar-refractivity contribution is 8.00. The smallest absolute Gasteiger partial charge is 0.235 e. The summed E-state index contributed by atoms with van der Waals surface area (Å²) in [4.78, 5) is 16.8. The van der Waals surface area contributed by atoms with E-state index in [9.17, 15) is 4.79 Å². The van der Waals surface area contributed by atoms with Crippen molar-refractivity contribution in [2.45, 2.75) is 25.7 Å². The Labute approximate surface area is 111 Å². The number of carbonyl (C=O) groups is 1. The Hall–Kier alpha value is -1.55. The van der Waals surface area contributed by atoms with E-state index >= 15 is 0 Å². The third-order valence-electron chi connectivity index (χ3n) is 2.55. The number of hydrogen-bond acceptors (Lipinski definition) is 3. The molecule has 1 N–H and O–H groups in total. The molecule has 0 saturated heterocycles. The van der Waals surface area contributed by atoms with Crippen LogP contribution < -0.4 is 5.32 Å². The number of rotatable bonds is 0. The van der Waals surface area contributed by atoms with Gasteiger partial charge in [0, 0.05) is 5.39 Å². The molecule has 1 aromatic carbocycles. The number of aryl methyl sites for hydroxylation is 1. The van der Waals surface area contributed by atoms with Crippen LogP contribution in [0.3, 0.4) is 0 Å². The molecule has 2 aromatic rings. The highest BCUT2D eigenvalue weighted by Crippen LogP contribution is 2.32. The maximum atomic E-state index is 11.3. The number of fused-ring (bicyclic) bond motifs is 2. The molecule has 2 heterocycles. The van der Waals surface area contributed by atoms with Crippen molar-refractivity contribution in [1.82, 2.24) is 4.98 Å². The molecule has 3 nitrogen and oxygen atoms in total. The molecule has 0 spiro atoms. The summed E-state index contributed by atoms with van der Waals surface area (Å²) in [5, 5.41) is 3.92. The van der Waals surface area contributed by atoms with Gasteiger partial charge >= 0.3 is 0 Å². The predicted molar refractivity (Wildman–Crippen MR) is 77.2 cm³/mol. The Morgan fingerprint density at radius 3 is 2.83 bits per heavy atom. The van der Waals surface area contributed by atoms with Crippen molar-refractivity contribution < 1.29 is 4.79 Å². The van der Waals surface area contributed by atoms with E-state index in [2.05, 4.69) is 28.5 Å². The van der Waals surface area contributed by atoms with Gasteiger partial charge in [-0.3, -0.25) is 4.79 Å². The van der Waals surface area contributed by atoms with Crippen molar-refractivity contribution >= 4 is 34.4 Å². The van der Waals surface area contributed by atoms with Crippen molar-refractivity contribution in [3.05, 3.63) is 29.8 Å². The summed E-state index contributed by atoms with van der Waals surface area (Å²) in [6, 6.07) is 8.25. The average Bonchev–Trinajstić information content (AvgIpc) is 2.38. The number of aromatic nitrogens is 1. The second-order valence-corrected chi connectivity index (χ2v) is 4.89. The van der Waals surface area contributed by atoms with Crippen LogP contribution in [0.1, 0.15) is 19.4 Å². The summed E-state index contributed by atoms with van der Waals surface area (Å²) in [6.45, 7) is 6.04. The maximum Gasteiger partial charge on any atom is 0.235 e. The molecule has 0 saturated carbocycles. The van der Waals surface area contributed by atoms with Crippen molar-refractivity contribution in [3.8, 4) is 0 Å². The summed E-state index contributed by atoms with van der Waals surface area (Å²) in [5.74, 6) is 1.20. The normalized spacial score (nSPS) is 13.4. The molecule has 1 amide bonds. The van der Waals surface area contributed by atoms with E-state index < -0.39 is 0 Å². The SMILES string of the molecule is CC.Cc1ccc2cc3c(nc2c1)NC(=O)CS3. The van der Waals surface area contributed by atoms with E-state index in [-0.39, 0.29) is 5.91 Å². The lowest BCUT2D eigenvalue weighted by Gasteiger charge is -2.15. The van der Waals surface area contributed by atoms with E-state index in [0.717, 1.165) is 15.8 Å². The molecule has 1 aliphatic heterocycles. The number of amides is 1. The molecule has 4 heteroatoms. The van der Waals surface area contributed by atoms with Gasteiger partial charge in [0.25, 0.3) is 0 Å². The lowest BCUT2D eigenvalue weighted by molar-refractivity contribution is -0.113. The Morgan fingerprint density at radius 2 is 2.06 bits per heavy atom. The van der Waals surface area contributed by atoms with Gasteiger partial charge in [0.05, 0.1) is 16.2 Å². The van der Waals surface area contributed by atoms with Gasteiger partial charge in [-0.15, -0.1) is 11.8 Å². The van der Waals surface area contributed by atoms with Crippen LogP contribution in [0, 0.1) is 6.92 Å². The molecule has 0 radical (unpaired) electrons. The van der Waals surface area contributed by atoms with Gasteiger partial charge in [-0.2, -0.15) is 0 Å². The number of hydrogen-bond donors (Lipinski definition) is 1. The fourth-order valence-electron chi connectivity index (χ4n) is 1.77. The minimum absolute atomic E-state index is 0.0250. The zero-order valence-corrected chi connectivity index (χ0v) is 11.6. The molecular formula is C14H16N2OS. The second-order valence-electron chi connectivity index (χ2n) is 3.87. The van der Waals surface area contributed by atoms with Crippen molar-refractivity contribution in [2.24, 2.45) is 0 Å². The average molecular weight is 260 g/mol. The van der Waals surface area contributed by atoms with Crippen molar-refractivity contribution in [2.75, 3.05) is 11.1 Å². The number of nitrogens with one attached hydrogen (secondary N) is 1. The maximum absolute atomic E-state index is 11.3. The van der Waals surface area contributed by atoms with E-state index in [1.807, 2.05) is 26.8 Å². The molecule has 0 unspecified atom stereocenters. The lowest BCUT2D eigenvalue weighted by atomic mass is 10.1. The monoisotopic (exact) mass is 260 g/mol. The Bertz CT molecular complexity index is 596. The van der Waals surface area contributed by atoms with Gasteiger partial charge in [-0.05, 0) is 24.6 Å². The van der Waals surface area contributed by atoms with Crippen LogP contribution in [-0.2, 0) is 4.79 Å². The number of benzene rings is 1. The van der Waals surface area contributed by atoms with Gasteiger partial charge in [0.1, 0.15) is 5.82 Å². The van der Waals surface area contributed by atoms with E-state index in [4.69, 9.17) is 0 Å². The van der Waals surface area contributed by atoms with Crippen LogP contribution >= 0.6 is 11.8 Å². The molecule has 0 fully saturated rings. The minimum atomic E-state index is 0.0250. The highest BCUT2D eigenvalue weighted by Gasteiger charge is 2.17. The first-order chi connectivity index (χ1) is 8.72. The Balaban J connectivity index is 0.000000574. The molecule has 3 rings (SSSR count). The summed E-state index contributed by atoms with van der Waals surface area (Å²) < 4.78 is 0. The number of pyridine rings is 1. The Kier molecular flexibility index (Phi) is 3.87. The van der Waals surface area contributed by atoms with Gasteiger partial charge in [-0.1, -0.05) is 26.0 Å². The van der Waals surface area contributed by atoms with Crippen LogP contribution in [0.5, 0.6) is 0 Å². The third-order valence-corrected chi connectivity index (χ3v) is 3.58. The van der Waals surface area contributed by atoms with Crippen molar-refractivity contribution in [3.63, 3.8) is 0 Å². The minimum Gasteiger partial charge on any atom is -0.309 e. The molecule has 94 valence electrons. The number of thioether (sulfide) groups is 1. The summed E-state index contributed by atoms with van der Waals surface area (Å²) in [7, 11) is 0. The van der Waals surface area contributed by atoms with Crippen LogP contribution in [0.4, 0.5) is 5.82 Å². The molecule has 18 heavy (non-hydrogen) atoms. The van der Waals surface area contributed by atoms with Crippen LogP contribution in [0.15, 0.2) is 29.2 Å². The molecule has 0 aliphatic carbocycles. The van der Waals surface area contributed by atoms with E-state index in [0.29, 0.717) is 11.6 Å². The number of nitrogens with zero attached hydrogens (tertiary/aromatic N) is 1.